The molecule has 1 amide bonds. The van der Waals surface area contributed by atoms with Crippen LogP contribution in [-0.4, -0.2) is 74.0 Å². The van der Waals surface area contributed by atoms with E-state index in [2.05, 4.69) is 10.1 Å². The molecule has 3 fully saturated rings. The highest BCUT2D eigenvalue weighted by molar-refractivity contribution is 7.91. The summed E-state index contributed by atoms with van der Waals surface area (Å²) in [6.45, 7) is -0.535. The summed E-state index contributed by atoms with van der Waals surface area (Å²) in [5.41, 5.74) is 8.41. The summed E-state index contributed by atoms with van der Waals surface area (Å²) in [6.07, 6.45) is 10.4. The van der Waals surface area contributed by atoms with Gasteiger partial charge in [-0.2, -0.15) is 9.61 Å². The molecule has 0 spiro atoms. The molecule has 5 heterocycles. The number of nitrogens with two attached hydrogens (primary N) is 1. The molecule has 1 saturated carbocycles. The van der Waals surface area contributed by atoms with Crippen molar-refractivity contribution in [1.29, 1.82) is 0 Å². The number of hydrogen-bond donors (Lipinski definition) is 3. The molecule has 2 unspecified atom stereocenters. The third-order valence-corrected chi connectivity index (χ3v) is 9.72. The van der Waals surface area contributed by atoms with Crippen molar-refractivity contribution < 1.29 is 23.4 Å². The first-order chi connectivity index (χ1) is 18.1. The molecular formula is C26H32N6O5S. The molecule has 0 aromatic carbocycles. The fourth-order valence-corrected chi connectivity index (χ4v) is 7.87. The number of fused-ring (bicyclic) bond motifs is 3. The Kier molecular flexibility index (Phi) is 5.96. The van der Waals surface area contributed by atoms with E-state index in [0.29, 0.717) is 48.3 Å². The van der Waals surface area contributed by atoms with Crippen molar-refractivity contribution in [2.75, 3.05) is 18.6 Å². The van der Waals surface area contributed by atoms with Gasteiger partial charge in [0.2, 0.25) is 5.91 Å². The van der Waals surface area contributed by atoms with Crippen molar-refractivity contribution in [1.82, 2.24) is 24.5 Å². The van der Waals surface area contributed by atoms with E-state index in [1.54, 1.807) is 17.3 Å². The summed E-state index contributed by atoms with van der Waals surface area (Å²) in [5, 5.41) is 24.7. The minimum atomic E-state index is -3.74. The molecule has 12 heteroatoms. The molecule has 2 atom stereocenters. The van der Waals surface area contributed by atoms with Crippen LogP contribution in [0.2, 0.25) is 0 Å². The number of carbonyl (C=O) groups is 1. The van der Waals surface area contributed by atoms with Gasteiger partial charge in [0.15, 0.2) is 15.5 Å². The van der Waals surface area contributed by atoms with Gasteiger partial charge in [0.25, 0.3) is 0 Å². The van der Waals surface area contributed by atoms with Crippen molar-refractivity contribution in [2.24, 2.45) is 0 Å². The Bertz CT molecular complexity index is 1500. The molecule has 11 nitrogen and oxygen atoms in total. The number of carbonyl (C=O) groups excluding carboxylic acids is 1. The summed E-state index contributed by atoms with van der Waals surface area (Å²) in [6, 6.07) is 3.54. The number of anilines is 1. The molecule has 3 aromatic rings. The summed E-state index contributed by atoms with van der Waals surface area (Å²) in [4.78, 5) is 23.5. The Hall–Kier alpha value is -3.09. The fourth-order valence-electron chi connectivity index (χ4n) is 6.81. The van der Waals surface area contributed by atoms with E-state index in [-0.39, 0.29) is 34.6 Å². The Morgan fingerprint density at radius 2 is 1.84 bits per heavy atom. The van der Waals surface area contributed by atoms with Crippen molar-refractivity contribution in [3.05, 3.63) is 35.9 Å². The van der Waals surface area contributed by atoms with Gasteiger partial charge in [0, 0.05) is 41.6 Å². The zero-order valence-electron chi connectivity index (χ0n) is 21.2. The monoisotopic (exact) mass is 540 g/mol. The lowest BCUT2D eigenvalue weighted by Crippen LogP contribution is -2.47. The number of amides is 1. The predicted molar refractivity (Wildman–Crippen MR) is 139 cm³/mol. The van der Waals surface area contributed by atoms with E-state index < -0.39 is 22.0 Å². The van der Waals surface area contributed by atoms with Crippen LogP contribution >= 0.6 is 0 Å². The number of aromatic nitrogens is 4. The van der Waals surface area contributed by atoms with Crippen molar-refractivity contribution in [3.63, 3.8) is 0 Å². The average molecular weight is 541 g/mol. The molecule has 2 saturated heterocycles. The number of aliphatic hydroxyl groups is 2. The second-order valence-corrected chi connectivity index (χ2v) is 12.9. The topological polar surface area (TPSA) is 164 Å². The van der Waals surface area contributed by atoms with E-state index in [9.17, 15) is 23.4 Å². The largest absolute Gasteiger partial charge is 0.387 e. The highest BCUT2D eigenvalue weighted by Crippen LogP contribution is 2.45. The molecule has 6 rings (SSSR count). The first-order valence-corrected chi connectivity index (χ1v) is 15.0. The molecule has 2 aliphatic heterocycles. The third-order valence-electron chi connectivity index (χ3n) is 8.56. The molecule has 2 bridgehead atoms. The van der Waals surface area contributed by atoms with Gasteiger partial charge < -0.3 is 20.8 Å². The Morgan fingerprint density at radius 1 is 1.16 bits per heavy atom. The van der Waals surface area contributed by atoms with Crippen LogP contribution in [0.1, 0.15) is 68.7 Å². The number of nitrogens with zero attached hydrogens (tertiary/aromatic N) is 5. The molecule has 38 heavy (non-hydrogen) atoms. The number of piperidine rings is 1. The van der Waals surface area contributed by atoms with E-state index in [1.165, 1.54) is 4.52 Å². The maximum absolute atomic E-state index is 12.9. The molecule has 0 radical (unpaired) electrons. The minimum absolute atomic E-state index is 0.00445. The smallest absolute Gasteiger partial charge is 0.248 e. The first-order valence-electron chi connectivity index (χ1n) is 13.1. The first kappa shape index (κ1) is 25.2. The van der Waals surface area contributed by atoms with Gasteiger partial charge in [-0.3, -0.25) is 9.78 Å². The van der Waals surface area contributed by atoms with Gasteiger partial charge >= 0.3 is 0 Å². The number of nitrogen functional groups attached to an aromatic ring is 1. The Balaban J connectivity index is 1.43. The molecule has 3 aromatic heterocycles. The van der Waals surface area contributed by atoms with E-state index in [1.807, 2.05) is 12.1 Å². The molecule has 1 aliphatic carbocycles. The minimum Gasteiger partial charge on any atom is -0.387 e. The number of hydrogen-bond acceptors (Lipinski definition) is 9. The molecule has 202 valence electrons. The molecule has 3 aliphatic rings. The van der Waals surface area contributed by atoms with Crippen LogP contribution in [-0.2, 0) is 20.2 Å². The maximum atomic E-state index is 12.9. The second-order valence-electron chi connectivity index (χ2n) is 11.0. The van der Waals surface area contributed by atoms with Crippen LogP contribution in [0.3, 0.4) is 0 Å². The highest BCUT2D eigenvalue weighted by Gasteiger charge is 2.45. The van der Waals surface area contributed by atoms with E-state index in [4.69, 9.17) is 10.7 Å². The second kappa shape index (κ2) is 8.99. The Labute approximate surface area is 220 Å². The number of rotatable bonds is 5. The lowest BCUT2D eigenvalue weighted by molar-refractivity contribution is -0.138. The van der Waals surface area contributed by atoms with Crippen LogP contribution < -0.4 is 5.73 Å². The van der Waals surface area contributed by atoms with Crippen molar-refractivity contribution in [2.45, 2.75) is 79.9 Å². The van der Waals surface area contributed by atoms with E-state index in [0.717, 1.165) is 37.5 Å². The standard InChI is InChI=1S/C26H32N6O5S/c1-38(36,37)23-22(16-10-17-5-6-18(11-16)31(17)21(34)14-33)30-25-19(13-29-32(25)24(23)27)15-4-7-20(28-12-15)26(35)8-2-3-9-26/h4,7,12-13,16-18,33,35H,2-3,5-6,8-11,14,27H2,1H3. The van der Waals surface area contributed by atoms with E-state index >= 15 is 0 Å². The lowest BCUT2D eigenvalue weighted by atomic mass is 9.87. The number of aliphatic hydroxyl groups excluding tert-OH is 1. The third kappa shape index (κ3) is 3.97. The summed E-state index contributed by atoms with van der Waals surface area (Å²) >= 11 is 0. The van der Waals surface area contributed by atoms with Crippen LogP contribution in [0.4, 0.5) is 5.82 Å². The molecular weight excluding hydrogens is 508 g/mol. The number of sulfone groups is 1. The SMILES string of the molecule is CS(=O)(=O)c1c(C2CC3CCC(C2)N3C(=O)CO)nc2c(-c3ccc(C4(O)CCCC4)nc3)cnn2c1N. The van der Waals surface area contributed by atoms with Gasteiger partial charge in [0.1, 0.15) is 22.9 Å². The average Bonchev–Trinajstić information content (AvgIpc) is 3.59. The van der Waals surface area contributed by atoms with Crippen LogP contribution in [0.15, 0.2) is 29.4 Å². The molecule has 4 N–H and O–H groups in total. The van der Waals surface area contributed by atoms with Gasteiger partial charge in [-0.15, -0.1) is 0 Å². The van der Waals surface area contributed by atoms with Crippen molar-refractivity contribution in [3.8, 4) is 11.1 Å². The normalized spacial score (nSPS) is 24.8. The van der Waals surface area contributed by atoms with Crippen LogP contribution in [0, 0.1) is 0 Å². The quantitative estimate of drug-likeness (QED) is 0.437. The van der Waals surface area contributed by atoms with Crippen LogP contribution in [0.25, 0.3) is 16.8 Å². The summed E-state index contributed by atoms with van der Waals surface area (Å²) in [7, 11) is -3.74. The van der Waals surface area contributed by atoms with Gasteiger partial charge in [0.05, 0.1) is 17.6 Å². The highest BCUT2D eigenvalue weighted by atomic mass is 32.2. The van der Waals surface area contributed by atoms with Gasteiger partial charge in [-0.25, -0.2) is 13.4 Å². The van der Waals surface area contributed by atoms with Crippen LogP contribution in [0.5, 0.6) is 0 Å². The summed E-state index contributed by atoms with van der Waals surface area (Å²) < 4.78 is 27.2. The maximum Gasteiger partial charge on any atom is 0.248 e. The van der Waals surface area contributed by atoms with Gasteiger partial charge in [-0.1, -0.05) is 18.9 Å². The Morgan fingerprint density at radius 3 is 2.42 bits per heavy atom. The van der Waals surface area contributed by atoms with Crippen molar-refractivity contribution >= 4 is 27.2 Å². The zero-order chi connectivity index (χ0) is 26.8. The van der Waals surface area contributed by atoms with Gasteiger partial charge in [-0.05, 0) is 44.6 Å². The number of pyridine rings is 1. The zero-order valence-corrected chi connectivity index (χ0v) is 22.1. The summed E-state index contributed by atoms with van der Waals surface area (Å²) in [5.74, 6) is -0.504. The predicted octanol–water partition coefficient (Wildman–Crippen LogP) is 1.77. The lowest BCUT2D eigenvalue weighted by Gasteiger charge is -2.39. The fraction of sp³-hybridized carbons (Fsp3) is 0.538.